The van der Waals surface area contributed by atoms with Crippen molar-refractivity contribution in [2.45, 2.75) is 44.4 Å². The Morgan fingerprint density at radius 2 is 2.12 bits per heavy atom. The van der Waals surface area contributed by atoms with Gasteiger partial charge in [0.15, 0.2) is 0 Å². The standard InChI is InChI=1S/C18H21N3O3/c22-14-4-2-13(3-5-14)20-18(23)12-1-6-17-15(9-12)16-10-19-11-21(16)7-8-24-17/h1,6,9-11,13-14,22H,2-5,7-8H2,(H,20,23). The van der Waals surface area contributed by atoms with Gasteiger partial charge in [-0.3, -0.25) is 4.79 Å². The van der Waals surface area contributed by atoms with Gasteiger partial charge in [-0.15, -0.1) is 0 Å². The molecule has 1 saturated carbocycles. The van der Waals surface area contributed by atoms with E-state index < -0.39 is 0 Å². The molecule has 0 atom stereocenters. The highest BCUT2D eigenvalue weighted by Gasteiger charge is 2.22. The maximum atomic E-state index is 12.6. The van der Waals surface area contributed by atoms with Crippen LogP contribution in [0.15, 0.2) is 30.7 Å². The average Bonchev–Trinajstić information content (AvgIpc) is 2.98. The third kappa shape index (κ3) is 2.89. The van der Waals surface area contributed by atoms with Crippen molar-refractivity contribution in [1.29, 1.82) is 0 Å². The first-order valence-electron chi connectivity index (χ1n) is 8.47. The number of benzene rings is 1. The fourth-order valence-corrected chi connectivity index (χ4v) is 3.46. The van der Waals surface area contributed by atoms with Crippen LogP contribution < -0.4 is 10.1 Å². The van der Waals surface area contributed by atoms with Crippen LogP contribution in [0.4, 0.5) is 0 Å². The molecule has 2 aliphatic rings. The normalized spacial score (nSPS) is 22.7. The number of carbonyl (C=O) groups excluding carboxylic acids is 1. The molecule has 1 fully saturated rings. The highest BCUT2D eigenvalue weighted by molar-refractivity contribution is 5.96. The minimum Gasteiger partial charge on any atom is -0.491 e. The lowest BCUT2D eigenvalue weighted by Gasteiger charge is -2.26. The molecule has 0 spiro atoms. The topological polar surface area (TPSA) is 76.4 Å². The van der Waals surface area contributed by atoms with Gasteiger partial charge in [-0.2, -0.15) is 0 Å². The molecule has 4 rings (SSSR count). The molecule has 0 unspecified atom stereocenters. The fourth-order valence-electron chi connectivity index (χ4n) is 3.46. The van der Waals surface area contributed by atoms with Crippen molar-refractivity contribution in [2.24, 2.45) is 0 Å². The van der Waals surface area contributed by atoms with Crippen molar-refractivity contribution >= 4 is 5.91 Å². The number of hydrogen-bond donors (Lipinski definition) is 2. The number of imidazole rings is 1. The summed E-state index contributed by atoms with van der Waals surface area (Å²) in [4.78, 5) is 16.8. The maximum Gasteiger partial charge on any atom is 0.251 e. The maximum absolute atomic E-state index is 12.6. The molecule has 24 heavy (non-hydrogen) atoms. The number of ether oxygens (including phenoxy) is 1. The molecular formula is C18H21N3O3. The van der Waals surface area contributed by atoms with Gasteiger partial charge < -0.3 is 19.7 Å². The molecule has 1 aliphatic carbocycles. The van der Waals surface area contributed by atoms with E-state index in [1.54, 1.807) is 18.6 Å². The third-order valence-electron chi connectivity index (χ3n) is 4.85. The predicted octanol–water partition coefficient (Wildman–Crippen LogP) is 1.98. The van der Waals surface area contributed by atoms with Crippen LogP contribution in [-0.2, 0) is 6.54 Å². The number of nitrogens with zero attached hydrogens (tertiary/aromatic N) is 2. The third-order valence-corrected chi connectivity index (χ3v) is 4.85. The molecule has 2 heterocycles. The van der Waals surface area contributed by atoms with Crippen molar-refractivity contribution in [2.75, 3.05) is 6.61 Å². The van der Waals surface area contributed by atoms with Gasteiger partial charge in [-0.1, -0.05) is 0 Å². The van der Waals surface area contributed by atoms with Gasteiger partial charge in [-0.25, -0.2) is 4.98 Å². The number of aliphatic hydroxyl groups excluding tert-OH is 1. The van der Waals surface area contributed by atoms with E-state index in [4.69, 9.17) is 4.74 Å². The van der Waals surface area contributed by atoms with Crippen LogP contribution in [0, 0.1) is 0 Å². The lowest BCUT2D eigenvalue weighted by atomic mass is 9.93. The Hall–Kier alpha value is -2.34. The Morgan fingerprint density at radius 3 is 2.96 bits per heavy atom. The lowest BCUT2D eigenvalue weighted by molar-refractivity contribution is 0.0867. The Labute approximate surface area is 140 Å². The summed E-state index contributed by atoms with van der Waals surface area (Å²) in [5, 5.41) is 12.7. The van der Waals surface area contributed by atoms with E-state index in [0.717, 1.165) is 49.2 Å². The molecular weight excluding hydrogens is 306 g/mol. The van der Waals surface area contributed by atoms with Crippen molar-refractivity contribution in [3.63, 3.8) is 0 Å². The first kappa shape index (κ1) is 15.2. The van der Waals surface area contributed by atoms with E-state index in [1.807, 2.05) is 16.7 Å². The molecule has 2 N–H and O–H groups in total. The number of nitrogens with one attached hydrogen (secondary N) is 1. The van der Waals surface area contributed by atoms with Crippen LogP contribution in [0.25, 0.3) is 11.3 Å². The molecule has 1 aromatic heterocycles. The number of aromatic nitrogens is 2. The van der Waals surface area contributed by atoms with Gasteiger partial charge in [0.2, 0.25) is 0 Å². The summed E-state index contributed by atoms with van der Waals surface area (Å²) in [6, 6.07) is 5.68. The molecule has 2 aromatic rings. The van der Waals surface area contributed by atoms with Gasteiger partial charge >= 0.3 is 0 Å². The molecule has 126 valence electrons. The highest BCUT2D eigenvalue weighted by atomic mass is 16.5. The van der Waals surface area contributed by atoms with Crippen molar-refractivity contribution < 1.29 is 14.6 Å². The molecule has 1 aromatic carbocycles. The van der Waals surface area contributed by atoms with Crippen LogP contribution in [0.2, 0.25) is 0 Å². The number of aliphatic hydroxyl groups is 1. The molecule has 0 saturated heterocycles. The Balaban J connectivity index is 1.56. The van der Waals surface area contributed by atoms with Crippen LogP contribution in [-0.4, -0.2) is 39.3 Å². The van der Waals surface area contributed by atoms with E-state index in [9.17, 15) is 9.90 Å². The van der Waals surface area contributed by atoms with E-state index >= 15 is 0 Å². The van der Waals surface area contributed by atoms with Gasteiger partial charge in [0.05, 0.1) is 30.9 Å². The smallest absolute Gasteiger partial charge is 0.251 e. The zero-order chi connectivity index (χ0) is 16.5. The Bertz CT molecular complexity index is 748. The summed E-state index contributed by atoms with van der Waals surface area (Å²) >= 11 is 0. The van der Waals surface area contributed by atoms with Gasteiger partial charge in [0.25, 0.3) is 5.91 Å². The summed E-state index contributed by atoms with van der Waals surface area (Å²) in [5.41, 5.74) is 2.49. The Kier molecular flexibility index (Phi) is 3.98. The van der Waals surface area contributed by atoms with Crippen LogP contribution in [0.5, 0.6) is 5.75 Å². The second-order valence-corrected chi connectivity index (χ2v) is 6.51. The number of hydrogen-bond acceptors (Lipinski definition) is 4. The lowest BCUT2D eigenvalue weighted by Crippen LogP contribution is -2.38. The van der Waals surface area contributed by atoms with E-state index in [2.05, 4.69) is 10.3 Å². The van der Waals surface area contributed by atoms with Crippen molar-refractivity contribution in [3.8, 4) is 17.0 Å². The number of fused-ring (bicyclic) bond motifs is 3. The van der Waals surface area contributed by atoms with Crippen molar-refractivity contribution in [1.82, 2.24) is 14.9 Å². The summed E-state index contributed by atoms with van der Waals surface area (Å²) in [6.07, 6.45) is 6.53. The number of amides is 1. The first-order valence-corrected chi connectivity index (χ1v) is 8.47. The minimum absolute atomic E-state index is 0.0745. The molecule has 6 heteroatoms. The molecule has 1 amide bonds. The summed E-state index contributed by atoms with van der Waals surface area (Å²) in [5.74, 6) is 0.709. The molecule has 0 bridgehead atoms. The number of carbonyl (C=O) groups is 1. The zero-order valence-corrected chi connectivity index (χ0v) is 13.4. The van der Waals surface area contributed by atoms with E-state index in [-0.39, 0.29) is 18.1 Å². The minimum atomic E-state index is -0.219. The van der Waals surface area contributed by atoms with Crippen LogP contribution in [0.3, 0.4) is 0 Å². The highest BCUT2D eigenvalue weighted by Crippen LogP contribution is 2.33. The number of rotatable bonds is 2. The average molecular weight is 327 g/mol. The van der Waals surface area contributed by atoms with Gasteiger partial charge in [0.1, 0.15) is 12.4 Å². The van der Waals surface area contributed by atoms with Crippen LogP contribution in [0.1, 0.15) is 36.0 Å². The quantitative estimate of drug-likeness (QED) is 0.884. The second-order valence-electron chi connectivity index (χ2n) is 6.51. The Morgan fingerprint density at radius 1 is 1.29 bits per heavy atom. The second kappa shape index (κ2) is 6.28. The molecule has 6 nitrogen and oxygen atoms in total. The largest absolute Gasteiger partial charge is 0.491 e. The fraction of sp³-hybridized carbons (Fsp3) is 0.444. The molecule has 1 aliphatic heterocycles. The molecule has 0 radical (unpaired) electrons. The predicted molar refractivity (Wildman–Crippen MR) is 88.9 cm³/mol. The summed E-state index contributed by atoms with van der Waals surface area (Å²) in [6.45, 7) is 1.34. The summed E-state index contributed by atoms with van der Waals surface area (Å²) in [7, 11) is 0. The van der Waals surface area contributed by atoms with Gasteiger partial charge in [0, 0.05) is 17.2 Å². The first-order chi connectivity index (χ1) is 11.7. The van der Waals surface area contributed by atoms with Crippen LogP contribution >= 0.6 is 0 Å². The zero-order valence-electron chi connectivity index (χ0n) is 13.4. The summed E-state index contributed by atoms with van der Waals surface area (Å²) < 4.78 is 7.82. The van der Waals surface area contributed by atoms with E-state index in [1.165, 1.54) is 0 Å². The monoisotopic (exact) mass is 327 g/mol. The SMILES string of the molecule is O=C(NC1CCC(O)CC1)c1ccc2c(c1)-c1cncn1CCO2. The van der Waals surface area contributed by atoms with Crippen molar-refractivity contribution in [3.05, 3.63) is 36.3 Å². The van der Waals surface area contributed by atoms with Gasteiger partial charge in [-0.05, 0) is 43.9 Å². The van der Waals surface area contributed by atoms with E-state index in [0.29, 0.717) is 12.2 Å².